The van der Waals surface area contributed by atoms with Crippen LogP contribution < -0.4 is 14.4 Å². The van der Waals surface area contributed by atoms with Crippen molar-refractivity contribution in [3.05, 3.63) is 54.1 Å². The highest BCUT2D eigenvalue weighted by Gasteiger charge is 2.51. The summed E-state index contributed by atoms with van der Waals surface area (Å²) in [5.41, 5.74) is -1.44. The molecule has 0 saturated heterocycles. The van der Waals surface area contributed by atoms with E-state index in [4.69, 9.17) is 9.47 Å². The van der Waals surface area contributed by atoms with E-state index < -0.39 is 16.9 Å². The SMILES string of the molecule is COc1ccccc1OCCN1C(=O)C(O)(CC(=O)C(C)(C)C)c2ccccc21. The van der Waals surface area contributed by atoms with Crippen LogP contribution in [0.15, 0.2) is 48.5 Å². The molecule has 0 aromatic heterocycles. The minimum Gasteiger partial charge on any atom is -0.493 e. The Morgan fingerprint density at radius 1 is 1.07 bits per heavy atom. The zero-order chi connectivity index (χ0) is 21.2. The van der Waals surface area contributed by atoms with Crippen molar-refractivity contribution in [1.29, 1.82) is 0 Å². The van der Waals surface area contributed by atoms with E-state index in [9.17, 15) is 14.7 Å². The van der Waals surface area contributed by atoms with E-state index in [1.165, 1.54) is 4.90 Å². The molecule has 0 fully saturated rings. The minimum atomic E-state index is -1.86. The fourth-order valence-corrected chi connectivity index (χ4v) is 3.38. The van der Waals surface area contributed by atoms with Crippen molar-refractivity contribution >= 4 is 17.4 Å². The number of ether oxygens (including phenoxy) is 2. The number of carbonyl (C=O) groups excluding carboxylic acids is 2. The first-order chi connectivity index (χ1) is 13.7. The zero-order valence-corrected chi connectivity index (χ0v) is 17.3. The first-order valence-electron chi connectivity index (χ1n) is 9.61. The molecule has 0 aliphatic carbocycles. The van der Waals surface area contributed by atoms with Gasteiger partial charge in [0.1, 0.15) is 12.4 Å². The fraction of sp³-hybridized carbons (Fsp3) is 0.391. The van der Waals surface area contributed by atoms with Gasteiger partial charge in [-0.05, 0) is 18.2 Å². The third kappa shape index (κ3) is 3.98. The number of carbonyl (C=O) groups is 2. The summed E-state index contributed by atoms with van der Waals surface area (Å²) in [5.74, 6) is 0.510. The van der Waals surface area contributed by atoms with Crippen molar-refractivity contribution in [1.82, 2.24) is 0 Å². The molecule has 6 heteroatoms. The maximum atomic E-state index is 13.2. The standard InChI is InChI=1S/C23H27NO5/c1-22(2,3)20(25)15-23(27)16-9-5-6-10-17(16)24(21(23)26)13-14-29-19-12-8-7-11-18(19)28-4/h5-12,27H,13-15H2,1-4H3. The van der Waals surface area contributed by atoms with Crippen LogP contribution in [-0.2, 0) is 15.2 Å². The Balaban J connectivity index is 1.80. The Morgan fingerprint density at radius 3 is 2.34 bits per heavy atom. The molecule has 0 saturated carbocycles. The third-order valence-corrected chi connectivity index (χ3v) is 5.13. The Labute approximate surface area is 171 Å². The molecule has 1 aliphatic rings. The number of nitrogens with zero attached hydrogens (tertiary/aromatic N) is 1. The highest BCUT2D eigenvalue weighted by Crippen LogP contribution is 2.43. The molecule has 2 aromatic rings. The number of Topliss-reactive ketones (excluding diaryl/α,β-unsaturated/α-hetero) is 1. The van der Waals surface area contributed by atoms with Gasteiger partial charge in [-0.1, -0.05) is 51.1 Å². The summed E-state index contributed by atoms with van der Waals surface area (Å²) < 4.78 is 11.1. The van der Waals surface area contributed by atoms with Gasteiger partial charge in [0.25, 0.3) is 5.91 Å². The summed E-state index contributed by atoms with van der Waals surface area (Å²) in [4.78, 5) is 27.2. The highest BCUT2D eigenvalue weighted by molar-refractivity contribution is 6.09. The van der Waals surface area contributed by atoms with Crippen LogP contribution >= 0.6 is 0 Å². The summed E-state index contributed by atoms with van der Waals surface area (Å²) >= 11 is 0. The molecule has 1 unspecified atom stereocenters. The number of ketones is 1. The smallest absolute Gasteiger partial charge is 0.264 e. The van der Waals surface area contributed by atoms with Gasteiger partial charge in [0, 0.05) is 17.4 Å². The van der Waals surface area contributed by atoms with Gasteiger partial charge in [-0.2, -0.15) is 0 Å². The maximum absolute atomic E-state index is 13.2. The van der Waals surface area contributed by atoms with Crippen LogP contribution in [-0.4, -0.2) is 37.1 Å². The van der Waals surface area contributed by atoms with E-state index >= 15 is 0 Å². The number of hydrogen-bond donors (Lipinski definition) is 1. The molecule has 1 aliphatic heterocycles. The predicted molar refractivity (Wildman–Crippen MR) is 110 cm³/mol. The maximum Gasteiger partial charge on any atom is 0.264 e. The lowest BCUT2D eigenvalue weighted by molar-refractivity contribution is -0.144. The second-order valence-corrected chi connectivity index (χ2v) is 8.18. The lowest BCUT2D eigenvalue weighted by Crippen LogP contribution is -2.44. The van der Waals surface area contributed by atoms with Crippen LogP contribution in [0.3, 0.4) is 0 Å². The number of hydrogen-bond acceptors (Lipinski definition) is 5. The number of amides is 1. The number of fused-ring (bicyclic) bond motifs is 1. The summed E-state index contributed by atoms with van der Waals surface area (Å²) in [5, 5.41) is 11.2. The van der Waals surface area contributed by atoms with E-state index in [2.05, 4.69) is 0 Å². The Kier molecular flexibility index (Phi) is 5.66. The molecule has 1 amide bonds. The van der Waals surface area contributed by atoms with Gasteiger partial charge in [-0.25, -0.2) is 0 Å². The summed E-state index contributed by atoms with van der Waals surface area (Å²) in [7, 11) is 1.56. The van der Waals surface area contributed by atoms with Crippen LogP contribution in [0.5, 0.6) is 11.5 Å². The summed E-state index contributed by atoms with van der Waals surface area (Å²) in [6, 6.07) is 14.3. The first kappa shape index (κ1) is 20.9. The van der Waals surface area contributed by atoms with Crippen molar-refractivity contribution in [2.45, 2.75) is 32.8 Å². The summed E-state index contributed by atoms with van der Waals surface area (Å²) in [6.45, 7) is 5.79. The average molecular weight is 397 g/mol. The lowest BCUT2D eigenvalue weighted by atomic mass is 9.81. The van der Waals surface area contributed by atoms with Gasteiger partial charge >= 0.3 is 0 Å². The molecule has 1 heterocycles. The van der Waals surface area contributed by atoms with Gasteiger partial charge in [0.2, 0.25) is 0 Å². The van der Waals surface area contributed by atoms with Gasteiger partial charge < -0.3 is 19.5 Å². The molecule has 1 atom stereocenters. The molecule has 0 spiro atoms. The Bertz CT molecular complexity index is 917. The Morgan fingerprint density at radius 2 is 1.69 bits per heavy atom. The van der Waals surface area contributed by atoms with Crippen LogP contribution in [0.2, 0.25) is 0 Å². The normalized spacial score (nSPS) is 18.5. The lowest BCUT2D eigenvalue weighted by Gasteiger charge is -2.26. The van der Waals surface area contributed by atoms with Crippen molar-refractivity contribution in [2.24, 2.45) is 5.41 Å². The van der Waals surface area contributed by atoms with E-state index in [0.29, 0.717) is 22.7 Å². The molecule has 6 nitrogen and oxygen atoms in total. The monoisotopic (exact) mass is 397 g/mol. The minimum absolute atomic E-state index is 0.171. The number of para-hydroxylation sites is 3. The van der Waals surface area contributed by atoms with Crippen LogP contribution in [0.25, 0.3) is 0 Å². The van der Waals surface area contributed by atoms with E-state index in [0.717, 1.165) is 0 Å². The number of benzene rings is 2. The molecular formula is C23H27NO5. The number of anilines is 1. The Hall–Kier alpha value is -2.86. The molecular weight excluding hydrogens is 370 g/mol. The number of methoxy groups -OCH3 is 1. The number of aliphatic hydroxyl groups is 1. The largest absolute Gasteiger partial charge is 0.493 e. The third-order valence-electron chi connectivity index (χ3n) is 5.13. The van der Waals surface area contributed by atoms with Gasteiger partial charge in [0.15, 0.2) is 17.1 Å². The van der Waals surface area contributed by atoms with E-state index in [-0.39, 0.29) is 25.4 Å². The van der Waals surface area contributed by atoms with E-state index in [1.54, 1.807) is 64.3 Å². The van der Waals surface area contributed by atoms with Crippen molar-refractivity contribution < 1.29 is 24.2 Å². The molecule has 0 radical (unpaired) electrons. The molecule has 3 rings (SSSR count). The summed E-state index contributed by atoms with van der Waals surface area (Å²) in [6.07, 6.45) is -0.254. The van der Waals surface area contributed by atoms with Crippen LogP contribution in [0.1, 0.15) is 32.8 Å². The molecule has 2 aromatic carbocycles. The predicted octanol–water partition coefficient (Wildman–Crippen LogP) is 3.31. The first-order valence-corrected chi connectivity index (χ1v) is 9.61. The van der Waals surface area contributed by atoms with Crippen molar-refractivity contribution in [3.63, 3.8) is 0 Å². The van der Waals surface area contributed by atoms with Gasteiger partial charge in [-0.15, -0.1) is 0 Å². The zero-order valence-electron chi connectivity index (χ0n) is 17.3. The fourth-order valence-electron chi connectivity index (χ4n) is 3.38. The molecule has 29 heavy (non-hydrogen) atoms. The van der Waals surface area contributed by atoms with Crippen molar-refractivity contribution in [3.8, 4) is 11.5 Å². The van der Waals surface area contributed by atoms with Gasteiger partial charge in [-0.3, -0.25) is 9.59 Å². The van der Waals surface area contributed by atoms with Crippen molar-refractivity contribution in [2.75, 3.05) is 25.2 Å². The topological polar surface area (TPSA) is 76.1 Å². The highest BCUT2D eigenvalue weighted by atomic mass is 16.5. The number of rotatable bonds is 7. The molecule has 154 valence electrons. The molecule has 0 bridgehead atoms. The average Bonchev–Trinajstić information content (AvgIpc) is 2.89. The second kappa shape index (κ2) is 7.87. The quantitative estimate of drug-likeness (QED) is 0.776. The second-order valence-electron chi connectivity index (χ2n) is 8.18. The van der Waals surface area contributed by atoms with Crippen LogP contribution in [0.4, 0.5) is 5.69 Å². The van der Waals surface area contributed by atoms with Crippen LogP contribution in [0, 0.1) is 5.41 Å². The van der Waals surface area contributed by atoms with E-state index in [1.807, 2.05) is 12.1 Å². The molecule has 1 N–H and O–H groups in total. The van der Waals surface area contributed by atoms with Gasteiger partial charge in [0.05, 0.1) is 19.3 Å².